The molecule has 1 aromatic heterocycles. The molecule has 0 radical (unpaired) electrons. The van der Waals surface area contributed by atoms with Gasteiger partial charge in [-0.2, -0.15) is 0 Å². The van der Waals surface area contributed by atoms with Crippen molar-refractivity contribution < 1.29 is 14.3 Å². The Balaban J connectivity index is 1.97. The van der Waals surface area contributed by atoms with Gasteiger partial charge >= 0.3 is 6.09 Å². The maximum atomic E-state index is 12.3. The van der Waals surface area contributed by atoms with E-state index >= 15 is 0 Å². The minimum atomic E-state index is -0.460. The summed E-state index contributed by atoms with van der Waals surface area (Å²) < 4.78 is 11.6. The van der Waals surface area contributed by atoms with E-state index in [1.165, 1.54) is 0 Å². The first kappa shape index (κ1) is 21.5. The number of aromatic nitrogens is 1. The lowest BCUT2D eigenvalue weighted by molar-refractivity contribution is 0.0203. The number of hydrogen-bond donors (Lipinski definition) is 0. The molecule has 27 heavy (non-hydrogen) atoms. The maximum Gasteiger partial charge on any atom is 0.410 e. The molecule has 1 aliphatic heterocycles. The Morgan fingerprint density at radius 2 is 2.00 bits per heavy atom. The van der Waals surface area contributed by atoms with Crippen molar-refractivity contribution in [1.82, 2.24) is 14.8 Å². The third kappa shape index (κ3) is 6.38. The van der Waals surface area contributed by atoms with Gasteiger partial charge in [0.1, 0.15) is 18.0 Å². The van der Waals surface area contributed by atoms with E-state index in [9.17, 15) is 4.79 Å². The number of pyridine rings is 1. The van der Waals surface area contributed by atoms with Gasteiger partial charge in [-0.3, -0.25) is 4.98 Å². The highest BCUT2D eigenvalue weighted by molar-refractivity contribution is 5.68. The first-order valence-corrected chi connectivity index (χ1v) is 9.93. The van der Waals surface area contributed by atoms with Gasteiger partial charge in [-0.25, -0.2) is 4.79 Å². The molecule has 2 rings (SSSR count). The average Bonchev–Trinajstić information content (AvgIpc) is 2.61. The van der Waals surface area contributed by atoms with Gasteiger partial charge in [-0.1, -0.05) is 6.92 Å². The van der Waals surface area contributed by atoms with E-state index in [2.05, 4.69) is 30.9 Å². The van der Waals surface area contributed by atoms with Crippen molar-refractivity contribution in [1.29, 1.82) is 0 Å². The highest BCUT2D eigenvalue weighted by Gasteiger charge is 2.29. The minimum Gasteiger partial charge on any atom is -0.490 e. The van der Waals surface area contributed by atoms with Crippen LogP contribution in [-0.2, 0) is 4.74 Å². The van der Waals surface area contributed by atoms with Crippen molar-refractivity contribution in [3.05, 3.63) is 24.0 Å². The predicted molar refractivity (Wildman–Crippen MR) is 107 cm³/mol. The van der Waals surface area contributed by atoms with Crippen LogP contribution in [-0.4, -0.2) is 66.3 Å². The van der Waals surface area contributed by atoms with Crippen LogP contribution in [0.4, 0.5) is 4.79 Å². The molecule has 0 aromatic carbocycles. The molecule has 1 amide bonds. The second-order valence-corrected chi connectivity index (χ2v) is 8.47. The molecular weight excluding hydrogens is 342 g/mol. The molecule has 0 aliphatic carbocycles. The van der Waals surface area contributed by atoms with E-state index in [1.807, 2.05) is 39.1 Å². The van der Waals surface area contributed by atoms with Crippen LogP contribution in [0.1, 0.15) is 58.6 Å². The third-order valence-corrected chi connectivity index (χ3v) is 4.97. The predicted octanol–water partition coefficient (Wildman–Crippen LogP) is 3.92. The van der Waals surface area contributed by atoms with Gasteiger partial charge in [0.15, 0.2) is 0 Å². The quantitative estimate of drug-likeness (QED) is 0.752. The number of piperidine rings is 1. The number of carbonyl (C=O) groups excluding carboxylic acids is 1. The van der Waals surface area contributed by atoms with Gasteiger partial charge in [0.2, 0.25) is 0 Å². The third-order valence-electron chi connectivity index (χ3n) is 4.97. The van der Waals surface area contributed by atoms with E-state index < -0.39 is 5.60 Å². The largest absolute Gasteiger partial charge is 0.490 e. The molecule has 6 nitrogen and oxygen atoms in total. The second-order valence-electron chi connectivity index (χ2n) is 8.47. The van der Waals surface area contributed by atoms with Crippen molar-refractivity contribution in [3.8, 4) is 5.75 Å². The topological polar surface area (TPSA) is 54.9 Å². The number of ether oxygens (including phenoxy) is 2. The van der Waals surface area contributed by atoms with E-state index in [4.69, 9.17) is 9.47 Å². The van der Waals surface area contributed by atoms with Crippen molar-refractivity contribution in [3.63, 3.8) is 0 Å². The average molecular weight is 378 g/mol. The van der Waals surface area contributed by atoms with Crippen LogP contribution in [0.5, 0.6) is 5.75 Å². The number of nitrogens with zero attached hydrogens (tertiary/aromatic N) is 3. The van der Waals surface area contributed by atoms with E-state index in [0.717, 1.165) is 30.7 Å². The zero-order valence-corrected chi connectivity index (χ0v) is 17.7. The molecule has 152 valence electrons. The molecule has 0 spiro atoms. The fourth-order valence-electron chi connectivity index (χ4n) is 3.31. The fraction of sp³-hybridized carbons (Fsp3) is 0.714. The van der Waals surface area contributed by atoms with Gasteiger partial charge < -0.3 is 19.3 Å². The molecule has 0 unspecified atom stereocenters. The number of likely N-dealkylation sites (tertiary alicyclic amines) is 1. The molecule has 1 aliphatic rings. The Kier molecular flexibility index (Phi) is 7.48. The Morgan fingerprint density at radius 1 is 1.33 bits per heavy atom. The summed E-state index contributed by atoms with van der Waals surface area (Å²) in [6.45, 7) is 9.88. The van der Waals surface area contributed by atoms with Crippen LogP contribution < -0.4 is 4.74 Å². The number of hydrogen-bond acceptors (Lipinski definition) is 5. The highest BCUT2D eigenvalue weighted by Crippen LogP contribution is 2.33. The summed E-state index contributed by atoms with van der Waals surface area (Å²) in [4.78, 5) is 20.8. The molecule has 1 fully saturated rings. The summed E-state index contributed by atoms with van der Waals surface area (Å²) in [6.07, 6.45) is 4.38. The molecule has 1 aromatic rings. The molecule has 1 atom stereocenters. The lowest BCUT2D eigenvalue weighted by Gasteiger charge is -2.33. The Hall–Kier alpha value is -1.82. The Bertz CT molecular complexity index is 605. The van der Waals surface area contributed by atoms with Crippen molar-refractivity contribution >= 4 is 6.09 Å². The van der Waals surface area contributed by atoms with Crippen molar-refractivity contribution in [2.45, 2.75) is 64.5 Å². The van der Waals surface area contributed by atoms with Crippen LogP contribution in [0.2, 0.25) is 0 Å². The first-order chi connectivity index (χ1) is 12.7. The molecule has 0 N–H and O–H groups in total. The van der Waals surface area contributed by atoms with Gasteiger partial charge in [-0.15, -0.1) is 0 Å². The van der Waals surface area contributed by atoms with Crippen molar-refractivity contribution in [2.75, 3.05) is 33.8 Å². The van der Waals surface area contributed by atoms with Gasteiger partial charge in [0.25, 0.3) is 0 Å². The van der Waals surface area contributed by atoms with Crippen LogP contribution in [0.15, 0.2) is 18.3 Å². The van der Waals surface area contributed by atoms with Crippen molar-refractivity contribution in [2.24, 2.45) is 0 Å². The number of rotatable bonds is 6. The molecular formula is C21H35N3O3. The monoisotopic (exact) mass is 377 g/mol. The summed E-state index contributed by atoms with van der Waals surface area (Å²) in [7, 11) is 4.15. The summed E-state index contributed by atoms with van der Waals surface area (Å²) in [6, 6.07) is 4.31. The van der Waals surface area contributed by atoms with E-state index in [1.54, 1.807) is 4.90 Å². The normalized spacial score (nSPS) is 17.1. The molecule has 2 heterocycles. The van der Waals surface area contributed by atoms with Gasteiger partial charge in [0, 0.05) is 31.2 Å². The van der Waals surface area contributed by atoms with Crippen LogP contribution in [0.3, 0.4) is 0 Å². The zero-order chi connectivity index (χ0) is 20.0. The smallest absolute Gasteiger partial charge is 0.410 e. The fourth-order valence-corrected chi connectivity index (χ4v) is 3.31. The van der Waals surface area contributed by atoms with E-state index in [-0.39, 0.29) is 6.09 Å². The minimum absolute atomic E-state index is 0.227. The van der Waals surface area contributed by atoms with Gasteiger partial charge in [-0.05, 0) is 66.3 Å². The molecule has 6 heteroatoms. The number of amides is 1. The summed E-state index contributed by atoms with van der Waals surface area (Å²) in [5, 5.41) is 0. The summed E-state index contributed by atoms with van der Waals surface area (Å²) in [5.74, 6) is 1.17. The van der Waals surface area contributed by atoms with Crippen LogP contribution in [0, 0.1) is 0 Å². The SMILES string of the molecule is CC[C@H](COc1cccnc1C1CCN(C(=O)OC(C)(C)C)CC1)N(C)C. The summed E-state index contributed by atoms with van der Waals surface area (Å²) >= 11 is 0. The summed E-state index contributed by atoms with van der Waals surface area (Å²) in [5.41, 5.74) is 0.549. The molecule has 0 bridgehead atoms. The lowest BCUT2D eigenvalue weighted by Crippen LogP contribution is -2.41. The van der Waals surface area contributed by atoms with E-state index in [0.29, 0.717) is 31.7 Å². The van der Waals surface area contributed by atoms with Gasteiger partial charge in [0.05, 0.1) is 5.69 Å². The number of carbonyl (C=O) groups is 1. The molecule has 0 saturated carbocycles. The maximum absolute atomic E-state index is 12.3. The Morgan fingerprint density at radius 3 is 2.56 bits per heavy atom. The number of likely N-dealkylation sites (N-methyl/N-ethyl adjacent to an activating group) is 1. The van der Waals surface area contributed by atoms with Crippen LogP contribution >= 0.6 is 0 Å². The Labute approximate surface area is 163 Å². The molecule has 1 saturated heterocycles. The van der Waals surface area contributed by atoms with Crippen LogP contribution in [0.25, 0.3) is 0 Å². The second kappa shape index (κ2) is 9.40. The standard InChI is InChI=1S/C21H35N3O3/c1-7-17(23(5)6)15-26-18-9-8-12-22-19(18)16-10-13-24(14-11-16)20(25)27-21(2,3)4/h8-9,12,16-17H,7,10-11,13-15H2,1-6H3/t17-/m1/s1. The first-order valence-electron chi connectivity index (χ1n) is 9.93. The zero-order valence-electron chi connectivity index (χ0n) is 17.7. The lowest BCUT2D eigenvalue weighted by atomic mass is 9.92. The highest BCUT2D eigenvalue weighted by atomic mass is 16.6.